The zero-order chi connectivity index (χ0) is 9.26. The van der Waals surface area contributed by atoms with E-state index >= 15 is 0 Å². The second-order valence-electron chi connectivity index (χ2n) is 3.90. The molecular formula is C11H16O2. The fourth-order valence-corrected chi connectivity index (χ4v) is 1.43. The number of epoxide rings is 1. The van der Waals surface area contributed by atoms with E-state index < -0.39 is 0 Å². The largest absolute Gasteiger partial charge is 0.491 e. The molecule has 2 nitrogen and oxygen atoms in total. The summed E-state index contributed by atoms with van der Waals surface area (Å²) in [6.45, 7) is 5.89. The molecule has 0 aromatic carbocycles. The van der Waals surface area contributed by atoms with Crippen molar-refractivity contribution in [2.45, 2.75) is 26.4 Å². The van der Waals surface area contributed by atoms with Crippen LogP contribution >= 0.6 is 0 Å². The standard InChI is InChI=1S/C11H16O2/c1-8-3-4-9(2)11(5-8)13-7-10-6-12-10/h4-5,8,10H,3,6-7H2,1-2H3. The van der Waals surface area contributed by atoms with E-state index in [-0.39, 0.29) is 0 Å². The normalized spacial score (nSPS) is 32.2. The maximum Gasteiger partial charge on any atom is 0.118 e. The number of allylic oxidation sites excluding steroid dienone is 3. The molecular weight excluding hydrogens is 164 g/mol. The van der Waals surface area contributed by atoms with Gasteiger partial charge in [0, 0.05) is 0 Å². The van der Waals surface area contributed by atoms with Crippen molar-refractivity contribution >= 4 is 0 Å². The van der Waals surface area contributed by atoms with Crippen LogP contribution in [0.2, 0.25) is 0 Å². The summed E-state index contributed by atoms with van der Waals surface area (Å²) in [5.74, 6) is 1.66. The molecule has 1 aliphatic carbocycles. The molecule has 1 saturated heterocycles. The Morgan fingerprint density at radius 2 is 2.38 bits per heavy atom. The van der Waals surface area contributed by atoms with Crippen molar-refractivity contribution < 1.29 is 9.47 Å². The van der Waals surface area contributed by atoms with Crippen molar-refractivity contribution in [3.8, 4) is 0 Å². The molecule has 0 spiro atoms. The lowest BCUT2D eigenvalue weighted by Crippen LogP contribution is -2.07. The molecule has 1 fully saturated rings. The highest BCUT2D eigenvalue weighted by Crippen LogP contribution is 2.24. The van der Waals surface area contributed by atoms with Crippen molar-refractivity contribution in [3.05, 3.63) is 23.5 Å². The molecule has 0 radical (unpaired) electrons. The molecule has 2 unspecified atom stereocenters. The average Bonchev–Trinajstić information content (AvgIpc) is 2.90. The summed E-state index contributed by atoms with van der Waals surface area (Å²) in [4.78, 5) is 0. The van der Waals surface area contributed by atoms with E-state index in [0.29, 0.717) is 18.6 Å². The fourth-order valence-electron chi connectivity index (χ4n) is 1.43. The summed E-state index contributed by atoms with van der Waals surface area (Å²) in [5.41, 5.74) is 1.26. The van der Waals surface area contributed by atoms with Crippen molar-refractivity contribution in [1.82, 2.24) is 0 Å². The number of hydrogen-bond donors (Lipinski definition) is 0. The predicted octanol–water partition coefficient (Wildman–Crippen LogP) is 2.27. The van der Waals surface area contributed by atoms with E-state index in [4.69, 9.17) is 9.47 Å². The number of rotatable bonds is 3. The molecule has 0 aromatic rings. The molecule has 2 heteroatoms. The van der Waals surface area contributed by atoms with Crippen LogP contribution in [0.5, 0.6) is 0 Å². The van der Waals surface area contributed by atoms with E-state index in [2.05, 4.69) is 26.0 Å². The number of hydrogen-bond acceptors (Lipinski definition) is 2. The summed E-state index contributed by atoms with van der Waals surface area (Å²) in [7, 11) is 0. The van der Waals surface area contributed by atoms with Crippen molar-refractivity contribution in [2.75, 3.05) is 13.2 Å². The van der Waals surface area contributed by atoms with Crippen LogP contribution in [0.3, 0.4) is 0 Å². The lowest BCUT2D eigenvalue weighted by Gasteiger charge is -2.17. The van der Waals surface area contributed by atoms with Gasteiger partial charge in [-0.15, -0.1) is 0 Å². The fraction of sp³-hybridized carbons (Fsp3) is 0.636. The lowest BCUT2D eigenvalue weighted by atomic mass is 9.98. The van der Waals surface area contributed by atoms with Crippen LogP contribution in [-0.4, -0.2) is 19.3 Å². The molecule has 1 aliphatic heterocycles. The molecule has 0 amide bonds. The summed E-state index contributed by atoms with van der Waals surface area (Å²) in [6, 6.07) is 0. The Labute approximate surface area is 79.2 Å². The zero-order valence-corrected chi connectivity index (χ0v) is 8.25. The van der Waals surface area contributed by atoms with Crippen molar-refractivity contribution in [1.29, 1.82) is 0 Å². The van der Waals surface area contributed by atoms with Crippen LogP contribution in [0.4, 0.5) is 0 Å². The Kier molecular flexibility index (Phi) is 2.40. The van der Waals surface area contributed by atoms with E-state index in [9.17, 15) is 0 Å². The first-order valence-electron chi connectivity index (χ1n) is 4.89. The van der Waals surface area contributed by atoms with Gasteiger partial charge in [0.15, 0.2) is 0 Å². The van der Waals surface area contributed by atoms with E-state index in [1.165, 1.54) is 5.57 Å². The van der Waals surface area contributed by atoms with Gasteiger partial charge < -0.3 is 9.47 Å². The molecule has 2 aliphatic rings. The van der Waals surface area contributed by atoms with Gasteiger partial charge in [0.1, 0.15) is 18.5 Å². The summed E-state index contributed by atoms with van der Waals surface area (Å²) >= 11 is 0. The Bertz CT molecular complexity index is 249. The first-order valence-corrected chi connectivity index (χ1v) is 4.89. The topological polar surface area (TPSA) is 21.8 Å². The van der Waals surface area contributed by atoms with Gasteiger partial charge in [-0.3, -0.25) is 0 Å². The minimum absolute atomic E-state index is 0.353. The maximum absolute atomic E-state index is 5.66. The Morgan fingerprint density at radius 1 is 1.62 bits per heavy atom. The van der Waals surface area contributed by atoms with Crippen LogP contribution < -0.4 is 0 Å². The second kappa shape index (κ2) is 3.54. The third kappa shape index (κ3) is 2.34. The third-order valence-electron chi connectivity index (χ3n) is 2.45. The lowest BCUT2D eigenvalue weighted by molar-refractivity contribution is 0.186. The van der Waals surface area contributed by atoms with Crippen molar-refractivity contribution in [2.24, 2.45) is 5.92 Å². The van der Waals surface area contributed by atoms with Gasteiger partial charge in [-0.1, -0.05) is 13.0 Å². The summed E-state index contributed by atoms with van der Waals surface area (Å²) < 4.78 is 10.7. The predicted molar refractivity (Wildman–Crippen MR) is 51.3 cm³/mol. The first-order chi connectivity index (χ1) is 6.25. The highest BCUT2D eigenvalue weighted by molar-refractivity contribution is 5.27. The molecule has 0 N–H and O–H groups in total. The van der Waals surface area contributed by atoms with Gasteiger partial charge in [-0.25, -0.2) is 0 Å². The van der Waals surface area contributed by atoms with Gasteiger partial charge in [-0.2, -0.15) is 0 Å². The molecule has 0 aromatic heterocycles. The van der Waals surface area contributed by atoms with E-state index in [1.807, 2.05) is 0 Å². The van der Waals surface area contributed by atoms with Crippen molar-refractivity contribution in [3.63, 3.8) is 0 Å². The summed E-state index contributed by atoms with van der Waals surface area (Å²) in [5, 5.41) is 0. The smallest absolute Gasteiger partial charge is 0.118 e. The maximum atomic E-state index is 5.66. The Hall–Kier alpha value is -0.760. The minimum Gasteiger partial charge on any atom is -0.491 e. The first kappa shape index (κ1) is 8.82. The molecule has 2 rings (SSSR count). The monoisotopic (exact) mass is 180 g/mol. The molecule has 0 saturated carbocycles. The molecule has 1 heterocycles. The average molecular weight is 180 g/mol. The van der Waals surface area contributed by atoms with Crippen LogP contribution in [0.15, 0.2) is 23.5 Å². The van der Waals surface area contributed by atoms with Gasteiger partial charge in [0.25, 0.3) is 0 Å². The van der Waals surface area contributed by atoms with Gasteiger partial charge in [0.05, 0.1) is 6.61 Å². The highest BCUT2D eigenvalue weighted by Gasteiger charge is 2.24. The highest BCUT2D eigenvalue weighted by atomic mass is 16.6. The molecule has 0 bridgehead atoms. The molecule has 2 atom stereocenters. The quantitative estimate of drug-likeness (QED) is 0.621. The Morgan fingerprint density at radius 3 is 3.08 bits per heavy atom. The molecule has 13 heavy (non-hydrogen) atoms. The van der Waals surface area contributed by atoms with Gasteiger partial charge in [0.2, 0.25) is 0 Å². The van der Waals surface area contributed by atoms with Crippen LogP contribution in [0.1, 0.15) is 20.3 Å². The molecule has 72 valence electrons. The Balaban J connectivity index is 1.90. The third-order valence-corrected chi connectivity index (χ3v) is 2.45. The van der Waals surface area contributed by atoms with E-state index in [1.54, 1.807) is 0 Å². The zero-order valence-electron chi connectivity index (χ0n) is 8.25. The van der Waals surface area contributed by atoms with E-state index in [0.717, 1.165) is 18.8 Å². The SMILES string of the molecule is CC1=CCC(C)C=C1OCC1CO1. The van der Waals surface area contributed by atoms with Gasteiger partial charge in [-0.05, 0) is 30.9 Å². The van der Waals surface area contributed by atoms with Gasteiger partial charge >= 0.3 is 0 Å². The second-order valence-corrected chi connectivity index (χ2v) is 3.90. The van der Waals surface area contributed by atoms with Crippen LogP contribution in [0.25, 0.3) is 0 Å². The van der Waals surface area contributed by atoms with Crippen LogP contribution in [0, 0.1) is 5.92 Å². The van der Waals surface area contributed by atoms with Crippen LogP contribution in [-0.2, 0) is 9.47 Å². The minimum atomic E-state index is 0.353. The summed E-state index contributed by atoms with van der Waals surface area (Å²) in [6.07, 6.45) is 5.94. The number of ether oxygens (including phenoxy) is 2.